The largest absolute Gasteiger partial charge is 0.478 e. The van der Waals surface area contributed by atoms with Gasteiger partial charge in [0.25, 0.3) is 0 Å². The van der Waals surface area contributed by atoms with Gasteiger partial charge in [-0.15, -0.1) is 0 Å². The quantitative estimate of drug-likeness (QED) is 0.390. The first-order valence-electron chi connectivity index (χ1n) is 3.60. The lowest BCUT2D eigenvalue weighted by atomic mass is 10.1. The summed E-state index contributed by atoms with van der Waals surface area (Å²) in [7, 11) is 0. The van der Waals surface area contributed by atoms with Crippen molar-refractivity contribution < 1.29 is 9.90 Å². The first-order chi connectivity index (χ1) is 5.68. The van der Waals surface area contributed by atoms with Gasteiger partial charge in [0.05, 0.1) is 0 Å². The number of thiocyanates is 1. The van der Waals surface area contributed by atoms with E-state index in [-0.39, 0.29) is 5.57 Å². The zero-order chi connectivity index (χ0) is 9.40. The van der Waals surface area contributed by atoms with Crippen LogP contribution in [-0.4, -0.2) is 16.8 Å². The molecule has 0 bridgehead atoms. The van der Waals surface area contributed by atoms with Gasteiger partial charge in [0.15, 0.2) is 0 Å². The van der Waals surface area contributed by atoms with Gasteiger partial charge in [-0.25, -0.2) is 4.79 Å². The van der Waals surface area contributed by atoms with Crippen molar-refractivity contribution in [1.82, 2.24) is 0 Å². The second-order valence-corrected chi connectivity index (χ2v) is 3.19. The van der Waals surface area contributed by atoms with Crippen molar-refractivity contribution in [1.29, 1.82) is 5.26 Å². The van der Waals surface area contributed by atoms with Crippen LogP contribution in [0.15, 0.2) is 12.2 Å². The van der Waals surface area contributed by atoms with Crippen molar-refractivity contribution in [3.05, 3.63) is 12.2 Å². The van der Waals surface area contributed by atoms with E-state index in [2.05, 4.69) is 6.58 Å². The third-order valence-corrected chi connectivity index (χ3v) is 1.96. The first-order valence-corrected chi connectivity index (χ1v) is 4.59. The van der Waals surface area contributed by atoms with Crippen molar-refractivity contribution >= 4 is 17.7 Å². The van der Waals surface area contributed by atoms with Crippen LogP contribution in [0.3, 0.4) is 0 Å². The van der Waals surface area contributed by atoms with E-state index >= 15 is 0 Å². The van der Waals surface area contributed by atoms with E-state index in [1.165, 1.54) is 11.8 Å². The van der Waals surface area contributed by atoms with Gasteiger partial charge in [-0.1, -0.05) is 6.58 Å². The van der Waals surface area contributed by atoms with E-state index in [9.17, 15) is 4.79 Å². The van der Waals surface area contributed by atoms with Gasteiger partial charge < -0.3 is 5.11 Å². The maximum atomic E-state index is 10.3. The molecule has 0 spiro atoms. The van der Waals surface area contributed by atoms with Crippen LogP contribution in [0.5, 0.6) is 0 Å². The van der Waals surface area contributed by atoms with Crippen LogP contribution in [0.1, 0.15) is 19.3 Å². The van der Waals surface area contributed by atoms with Gasteiger partial charge in [0.2, 0.25) is 0 Å². The molecule has 0 amide bonds. The van der Waals surface area contributed by atoms with Crippen LogP contribution in [0, 0.1) is 10.7 Å². The zero-order valence-corrected chi connectivity index (χ0v) is 7.56. The maximum absolute atomic E-state index is 10.3. The standard InChI is InChI=1S/C8H11NO2S/c1-7(8(10)11)4-2-3-5-12-6-9/h1-5H2,(H,10,11). The molecular formula is C8H11NO2S. The lowest BCUT2D eigenvalue weighted by Gasteiger charge is -1.97. The number of unbranched alkanes of at least 4 members (excludes halogenated alkanes) is 1. The average molecular weight is 185 g/mol. The fourth-order valence-corrected chi connectivity index (χ4v) is 1.10. The molecule has 0 rings (SSSR count). The molecule has 0 atom stereocenters. The fourth-order valence-electron chi connectivity index (χ4n) is 0.665. The number of rotatable bonds is 6. The van der Waals surface area contributed by atoms with Crippen LogP contribution >= 0.6 is 11.8 Å². The predicted octanol–water partition coefficient (Wildman–Crippen LogP) is 2.01. The molecule has 0 saturated heterocycles. The molecule has 0 saturated carbocycles. The molecule has 0 heterocycles. The molecule has 1 N–H and O–H groups in total. The van der Waals surface area contributed by atoms with Gasteiger partial charge in [0, 0.05) is 11.3 Å². The summed E-state index contributed by atoms with van der Waals surface area (Å²) in [6.07, 6.45) is 2.17. The highest BCUT2D eigenvalue weighted by molar-refractivity contribution is 8.03. The van der Waals surface area contributed by atoms with Crippen LogP contribution in [-0.2, 0) is 4.79 Å². The van der Waals surface area contributed by atoms with Gasteiger partial charge in [-0.3, -0.25) is 0 Å². The lowest BCUT2D eigenvalue weighted by molar-refractivity contribution is -0.132. The summed E-state index contributed by atoms with van der Waals surface area (Å²) in [6.45, 7) is 3.40. The predicted molar refractivity (Wildman–Crippen MR) is 48.7 cm³/mol. The number of hydrogen-bond acceptors (Lipinski definition) is 3. The summed E-state index contributed by atoms with van der Waals surface area (Å²) >= 11 is 1.20. The van der Waals surface area contributed by atoms with Gasteiger partial charge >= 0.3 is 5.97 Å². The highest BCUT2D eigenvalue weighted by Gasteiger charge is 2.02. The van der Waals surface area contributed by atoms with Crippen molar-refractivity contribution in [2.75, 3.05) is 5.75 Å². The summed E-state index contributed by atoms with van der Waals surface area (Å²) in [4.78, 5) is 10.3. The number of nitrogens with zero attached hydrogens (tertiary/aromatic N) is 1. The molecule has 0 aliphatic carbocycles. The maximum Gasteiger partial charge on any atom is 0.330 e. The SMILES string of the molecule is C=C(CCCCSC#N)C(=O)O. The minimum Gasteiger partial charge on any atom is -0.478 e. The van der Waals surface area contributed by atoms with E-state index in [0.717, 1.165) is 18.6 Å². The minimum absolute atomic E-state index is 0.247. The molecule has 12 heavy (non-hydrogen) atoms. The van der Waals surface area contributed by atoms with E-state index in [1.807, 2.05) is 5.40 Å². The van der Waals surface area contributed by atoms with Crippen LogP contribution in [0.25, 0.3) is 0 Å². The molecule has 0 aliphatic rings. The Labute approximate surface area is 76.1 Å². The second kappa shape index (κ2) is 6.74. The Bertz CT molecular complexity index is 208. The summed E-state index contributed by atoms with van der Waals surface area (Å²) in [5.41, 5.74) is 0.247. The van der Waals surface area contributed by atoms with E-state index < -0.39 is 5.97 Å². The van der Waals surface area contributed by atoms with Crippen LogP contribution < -0.4 is 0 Å². The van der Waals surface area contributed by atoms with E-state index in [4.69, 9.17) is 10.4 Å². The lowest BCUT2D eigenvalue weighted by Crippen LogP contribution is -1.98. The third kappa shape index (κ3) is 5.81. The van der Waals surface area contributed by atoms with E-state index in [1.54, 1.807) is 0 Å². The summed E-state index contributed by atoms with van der Waals surface area (Å²) in [6, 6.07) is 0. The number of hydrogen-bond donors (Lipinski definition) is 1. The molecule has 0 aromatic heterocycles. The molecule has 3 nitrogen and oxygen atoms in total. The smallest absolute Gasteiger partial charge is 0.330 e. The fraction of sp³-hybridized carbons (Fsp3) is 0.500. The van der Waals surface area contributed by atoms with Crippen LogP contribution in [0.2, 0.25) is 0 Å². The Morgan fingerprint density at radius 1 is 1.58 bits per heavy atom. The Morgan fingerprint density at radius 2 is 2.25 bits per heavy atom. The zero-order valence-electron chi connectivity index (χ0n) is 6.75. The molecule has 0 unspecified atom stereocenters. The molecule has 0 fully saturated rings. The number of thioether (sulfide) groups is 1. The first kappa shape index (κ1) is 11.1. The molecule has 0 aromatic rings. The van der Waals surface area contributed by atoms with Crippen molar-refractivity contribution in [3.63, 3.8) is 0 Å². The van der Waals surface area contributed by atoms with Crippen molar-refractivity contribution in [3.8, 4) is 5.40 Å². The molecule has 66 valence electrons. The third-order valence-electron chi connectivity index (χ3n) is 1.34. The summed E-state index contributed by atoms with van der Waals surface area (Å²) in [5, 5.41) is 18.5. The van der Waals surface area contributed by atoms with Crippen LogP contribution in [0.4, 0.5) is 0 Å². The highest BCUT2D eigenvalue weighted by Crippen LogP contribution is 2.08. The normalized spacial score (nSPS) is 8.92. The Balaban J connectivity index is 3.27. The van der Waals surface area contributed by atoms with Gasteiger partial charge in [-0.05, 0) is 31.0 Å². The Kier molecular flexibility index (Phi) is 6.21. The second-order valence-electron chi connectivity index (χ2n) is 2.31. The summed E-state index contributed by atoms with van der Waals surface area (Å²) in [5.74, 6) is -0.161. The van der Waals surface area contributed by atoms with Gasteiger partial charge in [0.1, 0.15) is 5.40 Å². The number of carbonyl (C=O) groups is 1. The van der Waals surface area contributed by atoms with Crippen molar-refractivity contribution in [2.24, 2.45) is 0 Å². The van der Waals surface area contributed by atoms with Crippen molar-refractivity contribution in [2.45, 2.75) is 19.3 Å². The summed E-state index contributed by atoms with van der Waals surface area (Å²) < 4.78 is 0. The number of aliphatic carboxylic acids is 1. The molecule has 0 aromatic carbocycles. The van der Waals surface area contributed by atoms with Gasteiger partial charge in [-0.2, -0.15) is 5.26 Å². The monoisotopic (exact) mass is 185 g/mol. The number of carboxylic acid groups (broad SMARTS) is 1. The molecule has 4 heteroatoms. The van der Waals surface area contributed by atoms with E-state index in [0.29, 0.717) is 6.42 Å². The highest BCUT2D eigenvalue weighted by atomic mass is 32.2. The Hall–Kier alpha value is -0.950. The Morgan fingerprint density at radius 3 is 2.75 bits per heavy atom. The molecule has 0 aliphatic heterocycles. The number of carboxylic acids is 1. The minimum atomic E-state index is -0.928. The number of nitriles is 1. The average Bonchev–Trinajstić information content (AvgIpc) is 2.03. The molecule has 0 radical (unpaired) electrons. The molecular weight excluding hydrogens is 174 g/mol. The topological polar surface area (TPSA) is 61.1 Å².